The van der Waals surface area contributed by atoms with Gasteiger partial charge in [0.15, 0.2) is 0 Å². The van der Waals surface area contributed by atoms with Crippen LogP contribution in [0.15, 0.2) is 212 Å². The van der Waals surface area contributed by atoms with E-state index in [2.05, 4.69) is 217 Å². The lowest BCUT2D eigenvalue weighted by molar-refractivity contribution is 1.28. The van der Waals surface area contributed by atoms with Crippen LogP contribution in [0.4, 0.5) is 17.1 Å². The third-order valence-electron chi connectivity index (χ3n) is 9.11. The summed E-state index contributed by atoms with van der Waals surface area (Å²) in [6.45, 7) is 0. The molecule has 8 aromatic carbocycles. The first kappa shape index (κ1) is 29.9. The Balaban J connectivity index is 1.37. The van der Waals surface area contributed by atoms with Crippen molar-refractivity contribution in [3.8, 4) is 55.6 Å². The monoisotopic (exact) mass is 625 g/mol. The molecule has 0 aliphatic carbocycles. The highest BCUT2D eigenvalue weighted by atomic mass is 15.1. The van der Waals surface area contributed by atoms with Gasteiger partial charge in [0, 0.05) is 16.9 Å². The van der Waals surface area contributed by atoms with Crippen molar-refractivity contribution in [1.82, 2.24) is 0 Å². The third-order valence-corrected chi connectivity index (χ3v) is 9.11. The second-order valence-corrected chi connectivity index (χ2v) is 12.1. The second kappa shape index (κ2) is 13.7. The van der Waals surface area contributed by atoms with Crippen molar-refractivity contribution in [2.24, 2.45) is 0 Å². The summed E-state index contributed by atoms with van der Waals surface area (Å²) in [4.78, 5) is 2.38. The molecule has 0 fully saturated rings. The van der Waals surface area contributed by atoms with Crippen LogP contribution in [0.2, 0.25) is 0 Å². The van der Waals surface area contributed by atoms with Crippen molar-refractivity contribution >= 4 is 17.1 Å². The normalized spacial score (nSPS) is 10.9. The largest absolute Gasteiger partial charge is 0.310 e. The Morgan fingerprint density at radius 1 is 0.224 bits per heavy atom. The summed E-state index contributed by atoms with van der Waals surface area (Å²) in [6.07, 6.45) is 0. The molecule has 1 nitrogen and oxygen atoms in total. The number of rotatable bonds is 8. The topological polar surface area (TPSA) is 3.24 Å². The van der Waals surface area contributed by atoms with Crippen LogP contribution in [0, 0.1) is 0 Å². The molecule has 0 amide bonds. The van der Waals surface area contributed by atoms with Crippen LogP contribution in [0.3, 0.4) is 0 Å². The molecule has 49 heavy (non-hydrogen) atoms. The number of anilines is 3. The molecule has 0 unspecified atom stereocenters. The number of hydrogen-bond acceptors (Lipinski definition) is 1. The lowest BCUT2D eigenvalue weighted by Crippen LogP contribution is -2.11. The van der Waals surface area contributed by atoms with Gasteiger partial charge in [-0.15, -0.1) is 0 Å². The first-order valence-corrected chi connectivity index (χ1v) is 16.8. The molecule has 0 radical (unpaired) electrons. The summed E-state index contributed by atoms with van der Waals surface area (Å²) in [7, 11) is 0. The second-order valence-electron chi connectivity index (χ2n) is 12.1. The zero-order valence-electron chi connectivity index (χ0n) is 27.2. The van der Waals surface area contributed by atoms with Crippen molar-refractivity contribution in [3.63, 3.8) is 0 Å². The van der Waals surface area contributed by atoms with Gasteiger partial charge in [0.1, 0.15) is 0 Å². The molecule has 0 saturated carbocycles. The van der Waals surface area contributed by atoms with E-state index in [-0.39, 0.29) is 0 Å². The Morgan fingerprint density at radius 2 is 0.633 bits per heavy atom. The fourth-order valence-electron chi connectivity index (χ4n) is 6.83. The maximum Gasteiger partial charge on any atom is 0.0540 e. The molecule has 0 heterocycles. The Morgan fingerprint density at radius 3 is 1.27 bits per heavy atom. The molecule has 232 valence electrons. The first-order chi connectivity index (χ1) is 24.3. The summed E-state index contributed by atoms with van der Waals surface area (Å²) in [5.74, 6) is 0. The zero-order chi connectivity index (χ0) is 32.8. The Labute approximate surface area is 289 Å². The van der Waals surface area contributed by atoms with Gasteiger partial charge in [0.05, 0.1) is 5.69 Å². The van der Waals surface area contributed by atoms with Crippen LogP contribution in [-0.2, 0) is 0 Å². The van der Waals surface area contributed by atoms with Crippen molar-refractivity contribution < 1.29 is 0 Å². The van der Waals surface area contributed by atoms with Gasteiger partial charge >= 0.3 is 0 Å². The predicted molar refractivity (Wildman–Crippen MR) is 208 cm³/mol. The number of nitrogens with zero attached hydrogens (tertiary/aromatic N) is 1. The quantitative estimate of drug-likeness (QED) is 0.162. The van der Waals surface area contributed by atoms with Crippen molar-refractivity contribution in [2.45, 2.75) is 0 Å². The molecule has 1 heteroatoms. The van der Waals surface area contributed by atoms with Gasteiger partial charge in [-0.05, 0) is 80.4 Å². The van der Waals surface area contributed by atoms with Crippen molar-refractivity contribution in [3.05, 3.63) is 212 Å². The highest BCUT2D eigenvalue weighted by Gasteiger charge is 2.22. The third kappa shape index (κ3) is 6.06. The van der Waals surface area contributed by atoms with Gasteiger partial charge in [-0.3, -0.25) is 0 Å². The highest BCUT2D eigenvalue weighted by molar-refractivity contribution is 6.02. The SMILES string of the molecule is c1ccc(-c2ccc(N(c3ccccc3)c3ccccc3-c3cccc(-c4ccccc4)c3-c3ccccc3-c3ccccc3)cc2)cc1. The number of para-hydroxylation sites is 2. The van der Waals surface area contributed by atoms with Crippen LogP contribution >= 0.6 is 0 Å². The number of hydrogen-bond donors (Lipinski definition) is 0. The molecule has 0 aliphatic rings. The standard InChI is InChI=1S/C48H35N/c1-5-18-36(19-6-1)37-32-34-41(35-33-37)49(40-24-11-4-12-25-40)47-31-16-15-27-44(47)46-30-17-29-43(39-22-9-3-10-23-39)48(46)45-28-14-13-26-42(45)38-20-7-2-8-21-38/h1-35H. The molecule has 0 spiro atoms. The van der Waals surface area contributed by atoms with Crippen molar-refractivity contribution in [2.75, 3.05) is 4.90 Å². The smallest absolute Gasteiger partial charge is 0.0540 e. The minimum atomic E-state index is 1.10. The van der Waals surface area contributed by atoms with Crippen LogP contribution in [0.1, 0.15) is 0 Å². The minimum Gasteiger partial charge on any atom is -0.310 e. The van der Waals surface area contributed by atoms with Gasteiger partial charge in [-0.1, -0.05) is 182 Å². The number of benzene rings is 8. The van der Waals surface area contributed by atoms with Crippen molar-refractivity contribution in [1.29, 1.82) is 0 Å². The van der Waals surface area contributed by atoms with Crippen LogP contribution in [0.25, 0.3) is 55.6 Å². The average Bonchev–Trinajstić information content (AvgIpc) is 3.20. The molecule has 8 aromatic rings. The van der Waals surface area contributed by atoms with E-state index in [1.54, 1.807) is 0 Å². The van der Waals surface area contributed by atoms with E-state index in [1.165, 1.54) is 50.1 Å². The van der Waals surface area contributed by atoms with E-state index in [1.807, 2.05) is 0 Å². The Hall–Kier alpha value is -6.44. The minimum absolute atomic E-state index is 1.10. The summed E-state index contributed by atoms with van der Waals surface area (Å²) in [5, 5.41) is 0. The average molecular weight is 626 g/mol. The van der Waals surface area contributed by atoms with Crippen LogP contribution < -0.4 is 4.90 Å². The first-order valence-electron chi connectivity index (χ1n) is 16.8. The van der Waals surface area contributed by atoms with E-state index in [9.17, 15) is 0 Å². The van der Waals surface area contributed by atoms with E-state index in [0.29, 0.717) is 0 Å². The van der Waals surface area contributed by atoms with E-state index >= 15 is 0 Å². The summed E-state index contributed by atoms with van der Waals surface area (Å²) >= 11 is 0. The van der Waals surface area contributed by atoms with Gasteiger partial charge in [-0.25, -0.2) is 0 Å². The molecule has 0 saturated heterocycles. The maximum atomic E-state index is 2.38. The molecular weight excluding hydrogens is 591 g/mol. The predicted octanol–water partition coefficient (Wildman–Crippen LogP) is 13.5. The molecule has 0 aliphatic heterocycles. The Bertz CT molecular complexity index is 2290. The maximum absolute atomic E-state index is 2.38. The van der Waals surface area contributed by atoms with Gasteiger partial charge in [0.2, 0.25) is 0 Å². The lowest BCUT2D eigenvalue weighted by atomic mass is 9.84. The molecule has 0 atom stereocenters. The summed E-state index contributed by atoms with van der Waals surface area (Å²) < 4.78 is 0. The molecule has 0 aromatic heterocycles. The highest BCUT2D eigenvalue weighted by Crippen LogP contribution is 2.48. The summed E-state index contributed by atoms with van der Waals surface area (Å²) in [6, 6.07) is 76.0. The zero-order valence-corrected chi connectivity index (χ0v) is 27.2. The fourth-order valence-corrected chi connectivity index (χ4v) is 6.83. The van der Waals surface area contributed by atoms with E-state index in [4.69, 9.17) is 0 Å². The van der Waals surface area contributed by atoms with E-state index < -0.39 is 0 Å². The molecule has 0 bridgehead atoms. The van der Waals surface area contributed by atoms with Gasteiger partial charge < -0.3 is 4.90 Å². The van der Waals surface area contributed by atoms with Crippen LogP contribution in [0.5, 0.6) is 0 Å². The van der Waals surface area contributed by atoms with Gasteiger partial charge in [0.25, 0.3) is 0 Å². The lowest BCUT2D eigenvalue weighted by Gasteiger charge is -2.29. The Kier molecular flexibility index (Phi) is 8.39. The van der Waals surface area contributed by atoms with Crippen LogP contribution in [-0.4, -0.2) is 0 Å². The fraction of sp³-hybridized carbons (Fsp3) is 0. The summed E-state index contributed by atoms with van der Waals surface area (Å²) in [5.41, 5.74) is 15.3. The molecule has 8 rings (SSSR count). The van der Waals surface area contributed by atoms with E-state index in [0.717, 1.165) is 22.6 Å². The molecule has 0 N–H and O–H groups in total. The molecular formula is C48H35N. The van der Waals surface area contributed by atoms with Gasteiger partial charge in [-0.2, -0.15) is 0 Å².